The van der Waals surface area contributed by atoms with Gasteiger partial charge in [-0.05, 0) is 6.07 Å². The number of ether oxygens (including phenoxy) is 1. The molecular weight excluding hydrogens is 308 g/mol. The number of aromatic amines is 1. The van der Waals surface area contributed by atoms with Gasteiger partial charge in [-0.3, -0.25) is 5.10 Å². The first-order valence-electron chi connectivity index (χ1n) is 7.29. The average molecular weight is 320 g/mol. The van der Waals surface area contributed by atoms with E-state index >= 15 is 0 Å². The van der Waals surface area contributed by atoms with Crippen molar-refractivity contribution < 1.29 is 14.1 Å². The van der Waals surface area contributed by atoms with Crippen LogP contribution >= 0.6 is 0 Å². The molecule has 0 bridgehead atoms. The minimum absolute atomic E-state index is 0.111. The molecule has 118 valence electrons. The molecule has 0 aliphatic heterocycles. The molecule has 24 heavy (non-hydrogen) atoms. The number of para-hydroxylation sites is 1. The molecule has 0 fully saturated rings. The van der Waals surface area contributed by atoms with Crippen LogP contribution in [-0.4, -0.2) is 26.3 Å². The molecule has 2 aromatic heterocycles. The van der Waals surface area contributed by atoms with Crippen molar-refractivity contribution in [3.63, 3.8) is 0 Å². The Labute approximate surface area is 136 Å². The molecule has 0 amide bonds. The van der Waals surface area contributed by atoms with Crippen LogP contribution in [0.4, 0.5) is 0 Å². The maximum absolute atomic E-state index is 12.2. The second-order valence-electron chi connectivity index (χ2n) is 5.07. The van der Waals surface area contributed by atoms with Crippen molar-refractivity contribution in [1.29, 1.82) is 0 Å². The van der Waals surface area contributed by atoms with Crippen LogP contribution in [0.3, 0.4) is 0 Å². The number of hydrogen-bond donors (Lipinski definition) is 1. The molecule has 0 atom stereocenters. The molecule has 0 saturated heterocycles. The van der Waals surface area contributed by atoms with E-state index in [1.54, 1.807) is 6.07 Å². The summed E-state index contributed by atoms with van der Waals surface area (Å²) in [5.74, 6) is 0.126. The van der Waals surface area contributed by atoms with Gasteiger partial charge in [0, 0.05) is 10.9 Å². The number of nitrogens with one attached hydrogen (secondary N) is 1. The lowest BCUT2D eigenvalue weighted by atomic mass is 10.2. The number of hydrogen-bond acceptors (Lipinski definition) is 6. The van der Waals surface area contributed by atoms with Gasteiger partial charge in [-0.1, -0.05) is 53.7 Å². The molecule has 2 aromatic carbocycles. The summed E-state index contributed by atoms with van der Waals surface area (Å²) in [4.78, 5) is 16.4. The number of H-pyrrole nitrogens is 1. The van der Waals surface area contributed by atoms with Crippen molar-refractivity contribution in [2.45, 2.75) is 6.61 Å². The lowest BCUT2D eigenvalue weighted by Crippen LogP contribution is -2.06. The third kappa shape index (κ3) is 2.63. The van der Waals surface area contributed by atoms with E-state index < -0.39 is 5.97 Å². The van der Waals surface area contributed by atoms with Crippen LogP contribution in [0.5, 0.6) is 0 Å². The van der Waals surface area contributed by atoms with Gasteiger partial charge in [0.15, 0.2) is 12.3 Å². The summed E-state index contributed by atoms with van der Waals surface area (Å²) in [5, 5.41) is 11.4. The van der Waals surface area contributed by atoms with E-state index in [4.69, 9.17) is 9.26 Å². The third-order valence-corrected chi connectivity index (χ3v) is 3.49. The fraction of sp³-hybridized carbons (Fsp3) is 0.0588. The highest BCUT2D eigenvalue weighted by atomic mass is 16.6. The topological polar surface area (TPSA) is 93.9 Å². The standard InChI is InChI=1S/C17H12N4O3/c22-17(15-12-8-4-5-9-13(12)19-20-15)23-10-14-18-16(21-24-14)11-6-2-1-3-7-11/h1-9H,10H2,(H,19,20). The van der Waals surface area contributed by atoms with Crippen molar-refractivity contribution in [3.8, 4) is 11.4 Å². The summed E-state index contributed by atoms with van der Waals surface area (Å²) in [5.41, 5.74) is 1.83. The molecular formula is C17H12N4O3. The number of rotatable bonds is 4. The zero-order valence-electron chi connectivity index (χ0n) is 12.5. The minimum Gasteiger partial charge on any atom is -0.451 e. The van der Waals surface area contributed by atoms with Gasteiger partial charge in [-0.2, -0.15) is 10.1 Å². The highest BCUT2D eigenvalue weighted by Gasteiger charge is 2.17. The molecule has 0 aliphatic rings. The molecule has 0 unspecified atom stereocenters. The number of benzene rings is 2. The van der Waals surface area contributed by atoms with Gasteiger partial charge >= 0.3 is 5.97 Å². The van der Waals surface area contributed by atoms with E-state index in [0.717, 1.165) is 11.1 Å². The summed E-state index contributed by atoms with van der Waals surface area (Å²) in [7, 11) is 0. The van der Waals surface area contributed by atoms with Gasteiger partial charge in [-0.15, -0.1) is 0 Å². The lowest BCUT2D eigenvalue weighted by Gasteiger charge is -1.99. The highest BCUT2D eigenvalue weighted by Crippen LogP contribution is 2.18. The van der Waals surface area contributed by atoms with Gasteiger partial charge in [-0.25, -0.2) is 4.79 Å². The van der Waals surface area contributed by atoms with Crippen LogP contribution in [-0.2, 0) is 11.3 Å². The highest BCUT2D eigenvalue weighted by molar-refractivity contribution is 6.01. The van der Waals surface area contributed by atoms with Crippen LogP contribution in [0.2, 0.25) is 0 Å². The Bertz CT molecular complexity index is 991. The van der Waals surface area contributed by atoms with Crippen LogP contribution in [0.25, 0.3) is 22.3 Å². The van der Waals surface area contributed by atoms with E-state index in [9.17, 15) is 4.79 Å². The number of aromatic nitrogens is 4. The van der Waals surface area contributed by atoms with Crippen molar-refractivity contribution in [1.82, 2.24) is 20.3 Å². The Morgan fingerprint density at radius 3 is 2.75 bits per heavy atom. The lowest BCUT2D eigenvalue weighted by molar-refractivity contribution is 0.0425. The van der Waals surface area contributed by atoms with Crippen LogP contribution in [0.15, 0.2) is 59.1 Å². The van der Waals surface area contributed by atoms with E-state index in [2.05, 4.69) is 20.3 Å². The molecule has 7 heteroatoms. The molecule has 0 aliphatic carbocycles. The molecule has 0 radical (unpaired) electrons. The largest absolute Gasteiger partial charge is 0.451 e. The van der Waals surface area contributed by atoms with Gasteiger partial charge in [0.2, 0.25) is 5.82 Å². The Balaban J connectivity index is 1.47. The predicted octanol–water partition coefficient (Wildman–Crippen LogP) is 2.97. The number of carbonyl (C=O) groups excluding carboxylic acids is 1. The normalized spacial score (nSPS) is 10.8. The van der Waals surface area contributed by atoms with Crippen LogP contribution < -0.4 is 0 Å². The zero-order chi connectivity index (χ0) is 16.4. The Morgan fingerprint density at radius 1 is 1.08 bits per heavy atom. The Morgan fingerprint density at radius 2 is 1.88 bits per heavy atom. The Kier molecular flexibility index (Phi) is 3.51. The first-order chi connectivity index (χ1) is 11.8. The fourth-order valence-corrected chi connectivity index (χ4v) is 2.33. The summed E-state index contributed by atoms with van der Waals surface area (Å²) in [6.07, 6.45) is 0. The van der Waals surface area contributed by atoms with E-state index in [1.165, 1.54) is 0 Å². The smallest absolute Gasteiger partial charge is 0.359 e. The van der Waals surface area contributed by atoms with E-state index in [1.807, 2.05) is 48.5 Å². The second kappa shape index (κ2) is 5.96. The van der Waals surface area contributed by atoms with Gasteiger partial charge in [0.25, 0.3) is 5.89 Å². The van der Waals surface area contributed by atoms with Crippen molar-refractivity contribution in [2.75, 3.05) is 0 Å². The number of esters is 1. The van der Waals surface area contributed by atoms with Gasteiger partial charge in [0.1, 0.15) is 0 Å². The van der Waals surface area contributed by atoms with Crippen molar-refractivity contribution in [2.24, 2.45) is 0 Å². The number of carbonyl (C=O) groups is 1. The van der Waals surface area contributed by atoms with Crippen LogP contribution in [0.1, 0.15) is 16.4 Å². The first kappa shape index (κ1) is 14.1. The molecule has 0 saturated carbocycles. The van der Waals surface area contributed by atoms with Crippen molar-refractivity contribution >= 4 is 16.9 Å². The molecule has 1 N–H and O–H groups in total. The molecule has 4 aromatic rings. The predicted molar refractivity (Wildman–Crippen MR) is 84.9 cm³/mol. The molecule has 2 heterocycles. The minimum atomic E-state index is -0.549. The number of fused-ring (bicyclic) bond motifs is 1. The van der Waals surface area contributed by atoms with Gasteiger partial charge < -0.3 is 9.26 Å². The van der Waals surface area contributed by atoms with Crippen molar-refractivity contribution in [3.05, 3.63) is 66.2 Å². The summed E-state index contributed by atoms with van der Waals surface area (Å²) < 4.78 is 10.3. The molecule has 4 rings (SSSR count). The zero-order valence-corrected chi connectivity index (χ0v) is 12.5. The maximum Gasteiger partial charge on any atom is 0.359 e. The van der Waals surface area contributed by atoms with E-state index in [-0.39, 0.29) is 18.2 Å². The SMILES string of the molecule is O=C(OCc1nc(-c2ccccc2)no1)c1n[nH]c2ccccc12. The summed E-state index contributed by atoms with van der Waals surface area (Å²) >= 11 is 0. The third-order valence-electron chi connectivity index (χ3n) is 3.49. The van der Waals surface area contributed by atoms with Gasteiger partial charge in [0.05, 0.1) is 5.52 Å². The van der Waals surface area contributed by atoms with E-state index in [0.29, 0.717) is 11.2 Å². The summed E-state index contributed by atoms with van der Waals surface area (Å²) in [6, 6.07) is 16.7. The number of nitrogens with zero attached hydrogens (tertiary/aromatic N) is 3. The van der Waals surface area contributed by atoms with Crippen LogP contribution in [0, 0.1) is 0 Å². The fourth-order valence-electron chi connectivity index (χ4n) is 2.33. The Hall–Kier alpha value is -3.48. The summed E-state index contributed by atoms with van der Waals surface area (Å²) in [6.45, 7) is -0.111. The maximum atomic E-state index is 12.2. The average Bonchev–Trinajstić information content (AvgIpc) is 3.27. The monoisotopic (exact) mass is 320 g/mol. The first-order valence-corrected chi connectivity index (χ1v) is 7.29. The molecule has 7 nitrogen and oxygen atoms in total. The molecule has 0 spiro atoms. The second-order valence-corrected chi connectivity index (χ2v) is 5.07. The quantitative estimate of drug-likeness (QED) is 0.581.